The fraction of sp³-hybridized carbons (Fsp3) is 0.474. The van der Waals surface area contributed by atoms with E-state index in [1.54, 1.807) is 24.0 Å². The van der Waals surface area contributed by atoms with Crippen LogP contribution in [-0.2, 0) is 11.8 Å². The molecule has 0 aliphatic carbocycles. The molecule has 5 rings (SSSR count). The lowest BCUT2D eigenvalue weighted by molar-refractivity contribution is 0.131. The average Bonchev–Trinajstić information content (AvgIpc) is 3.30. The van der Waals surface area contributed by atoms with Gasteiger partial charge in [-0.2, -0.15) is 10.1 Å². The number of H-pyrrole nitrogens is 1. The monoisotopic (exact) mass is 381 g/mol. The van der Waals surface area contributed by atoms with E-state index in [1.165, 1.54) is 0 Å². The van der Waals surface area contributed by atoms with E-state index in [1.807, 2.05) is 12.1 Å². The van der Waals surface area contributed by atoms with Gasteiger partial charge in [0.15, 0.2) is 5.65 Å². The lowest BCUT2D eigenvalue weighted by atomic mass is 9.75. The van der Waals surface area contributed by atoms with Gasteiger partial charge in [0.05, 0.1) is 18.9 Å². The molecule has 28 heavy (non-hydrogen) atoms. The van der Waals surface area contributed by atoms with E-state index < -0.39 is 0 Å². The number of anilines is 1. The van der Waals surface area contributed by atoms with E-state index in [-0.39, 0.29) is 17.0 Å². The summed E-state index contributed by atoms with van der Waals surface area (Å²) >= 11 is 0. The molecule has 1 unspecified atom stereocenters. The highest BCUT2D eigenvalue weighted by molar-refractivity contribution is 5.90. The Balaban J connectivity index is 1.50. The van der Waals surface area contributed by atoms with Gasteiger partial charge in [-0.1, -0.05) is 0 Å². The van der Waals surface area contributed by atoms with Gasteiger partial charge in [-0.15, -0.1) is 0 Å². The van der Waals surface area contributed by atoms with Crippen LogP contribution in [0.1, 0.15) is 12.8 Å². The molecule has 5 heterocycles. The van der Waals surface area contributed by atoms with Gasteiger partial charge >= 0.3 is 0 Å². The van der Waals surface area contributed by atoms with E-state index in [0.29, 0.717) is 29.3 Å². The van der Waals surface area contributed by atoms with E-state index in [0.717, 1.165) is 38.1 Å². The van der Waals surface area contributed by atoms with Crippen molar-refractivity contribution in [3.8, 4) is 11.3 Å². The molecule has 2 saturated heterocycles. The average molecular weight is 381 g/mol. The summed E-state index contributed by atoms with van der Waals surface area (Å²) in [6.07, 6.45) is 5.25. The van der Waals surface area contributed by atoms with Crippen LogP contribution in [0.5, 0.6) is 0 Å². The Kier molecular flexibility index (Phi) is 3.95. The second-order valence-corrected chi connectivity index (χ2v) is 7.78. The maximum Gasteiger partial charge on any atom is 0.266 e. The molecular formula is C19H23N7O2. The fourth-order valence-electron chi connectivity index (χ4n) is 4.39. The normalized spacial score (nSPS) is 21.6. The Hall–Kier alpha value is -2.78. The van der Waals surface area contributed by atoms with Crippen molar-refractivity contribution < 1.29 is 4.74 Å². The van der Waals surface area contributed by atoms with Crippen LogP contribution in [0, 0.1) is 5.41 Å². The van der Waals surface area contributed by atoms with Crippen molar-refractivity contribution in [3.63, 3.8) is 0 Å². The molecule has 3 aromatic rings. The number of nitrogens with zero attached hydrogens (tertiary/aromatic N) is 5. The lowest BCUT2D eigenvalue weighted by Crippen LogP contribution is -2.50. The van der Waals surface area contributed by atoms with Crippen LogP contribution in [0.25, 0.3) is 22.3 Å². The number of ether oxygens (including phenoxy) is 1. The summed E-state index contributed by atoms with van der Waals surface area (Å²) in [5.74, 6) is 0.646. The van der Waals surface area contributed by atoms with Gasteiger partial charge in [0, 0.05) is 49.6 Å². The van der Waals surface area contributed by atoms with Crippen molar-refractivity contribution >= 4 is 17.0 Å². The van der Waals surface area contributed by atoms with Gasteiger partial charge in [0.2, 0.25) is 5.95 Å². The third-order valence-corrected chi connectivity index (χ3v) is 6.26. The lowest BCUT2D eigenvalue weighted by Gasteiger charge is -2.41. The van der Waals surface area contributed by atoms with Crippen molar-refractivity contribution in [2.24, 2.45) is 18.2 Å². The van der Waals surface area contributed by atoms with E-state index in [4.69, 9.17) is 15.5 Å². The first-order valence-corrected chi connectivity index (χ1v) is 9.53. The van der Waals surface area contributed by atoms with Crippen LogP contribution in [-0.4, -0.2) is 57.1 Å². The van der Waals surface area contributed by atoms with Gasteiger partial charge < -0.3 is 15.4 Å². The second kappa shape index (κ2) is 6.39. The molecule has 0 amide bonds. The summed E-state index contributed by atoms with van der Waals surface area (Å²) in [7, 11) is 1.77. The summed E-state index contributed by atoms with van der Waals surface area (Å²) < 4.78 is 7.22. The highest BCUT2D eigenvalue weighted by Crippen LogP contribution is 2.39. The van der Waals surface area contributed by atoms with E-state index in [9.17, 15) is 4.79 Å². The zero-order valence-corrected chi connectivity index (χ0v) is 15.8. The number of nitrogens with one attached hydrogen (secondary N) is 1. The molecular weight excluding hydrogens is 358 g/mol. The molecule has 2 aliphatic heterocycles. The Morgan fingerprint density at radius 3 is 2.71 bits per heavy atom. The van der Waals surface area contributed by atoms with Gasteiger partial charge in [0.25, 0.3) is 5.56 Å². The minimum atomic E-state index is -0.109. The van der Waals surface area contributed by atoms with Crippen molar-refractivity contribution in [3.05, 3.63) is 34.9 Å². The van der Waals surface area contributed by atoms with Crippen LogP contribution in [0.15, 0.2) is 29.3 Å². The predicted molar refractivity (Wildman–Crippen MR) is 105 cm³/mol. The number of rotatable bonds is 2. The smallest absolute Gasteiger partial charge is 0.266 e. The Morgan fingerprint density at radius 1 is 1.29 bits per heavy atom. The fourth-order valence-corrected chi connectivity index (χ4v) is 4.39. The molecule has 3 N–H and O–H groups in total. The van der Waals surface area contributed by atoms with Crippen molar-refractivity contribution in [1.82, 2.24) is 24.7 Å². The summed E-state index contributed by atoms with van der Waals surface area (Å²) in [5, 5.41) is 7.76. The largest absolute Gasteiger partial charge is 0.379 e. The second-order valence-electron chi connectivity index (χ2n) is 7.78. The molecule has 2 aliphatic rings. The number of piperidine rings is 1. The number of aromatic amines is 1. The van der Waals surface area contributed by atoms with Crippen molar-refractivity contribution in [2.45, 2.75) is 18.9 Å². The topological polar surface area (TPSA) is 115 Å². The molecule has 0 saturated carbocycles. The number of nitrogens with two attached hydrogens (primary N) is 1. The quantitative estimate of drug-likeness (QED) is 0.670. The van der Waals surface area contributed by atoms with Crippen molar-refractivity contribution in [1.29, 1.82) is 0 Å². The van der Waals surface area contributed by atoms with Crippen LogP contribution < -0.4 is 16.2 Å². The summed E-state index contributed by atoms with van der Waals surface area (Å²) in [4.78, 5) is 24.0. The summed E-state index contributed by atoms with van der Waals surface area (Å²) in [6.45, 7) is 2.95. The number of aromatic nitrogens is 5. The Labute approximate surface area is 161 Å². The molecule has 146 valence electrons. The van der Waals surface area contributed by atoms with E-state index in [2.05, 4.69) is 20.1 Å². The molecule has 9 heteroatoms. The SMILES string of the molecule is Cn1c(N2CCC3(CC2)COCC3N)nc2n[nH]c(-c3ccncc3)c2c1=O. The van der Waals surface area contributed by atoms with Gasteiger partial charge in [-0.05, 0) is 25.0 Å². The minimum absolute atomic E-state index is 0.0559. The maximum atomic E-state index is 13.1. The zero-order valence-electron chi connectivity index (χ0n) is 15.8. The molecule has 1 spiro atoms. The molecule has 0 radical (unpaired) electrons. The standard InChI is InChI=1S/C19H23N7O2/c1-25-17(27)14-15(12-2-6-21-7-3-12)23-24-16(14)22-18(25)26-8-4-19(5-9-26)11-28-10-13(19)20/h2-3,6-7,13H,4-5,8-11,20H2,1H3,(H,23,24). The first-order chi connectivity index (χ1) is 13.6. The van der Waals surface area contributed by atoms with Gasteiger partial charge in [-0.25, -0.2) is 0 Å². The molecule has 0 aromatic carbocycles. The maximum absolute atomic E-state index is 13.1. The Morgan fingerprint density at radius 2 is 2.04 bits per heavy atom. The highest BCUT2D eigenvalue weighted by atomic mass is 16.5. The molecule has 2 fully saturated rings. The highest BCUT2D eigenvalue weighted by Gasteiger charge is 2.44. The number of pyridine rings is 1. The number of hydrogen-bond donors (Lipinski definition) is 2. The number of hydrogen-bond acceptors (Lipinski definition) is 7. The zero-order chi connectivity index (χ0) is 19.3. The van der Waals surface area contributed by atoms with Crippen LogP contribution in [0.2, 0.25) is 0 Å². The predicted octanol–water partition coefficient (Wildman–Crippen LogP) is 0.663. The van der Waals surface area contributed by atoms with Crippen molar-refractivity contribution in [2.75, 3.05) is 31.2 Å². The number of fused-ring (bicyclic) bond motifs is 1. The first kappa shape index (κ1) is 17.3. The molecule has 0 bridgehead atoms. The molecule has 3 aromatic heterocycles. The van der Waals surface area contributed by atoms with Crippen LogP contribution >= 0.6 is 0 Å². The van der Waals surface area contributed by atoms with Gasteiger partial charge in [0.1, 0.15) is 5.39 Å². The molecule has 9 nitrogen and oxygen atoms in total. The minimum Gasteiger partial charge on any atom is -0.379 e. The van der Waals surface area contributed by atoms with Crippen LogP contribution in [0.4, 0.5) is 5.95 Å². The molecule has 1 atom stereocenters. The summed E-state index contributed by atoms with van der Waals surface area (Å²) in [5.41, 5.74) is 8.20. The van der Waals surface area contributed by atoms with Gasteiger partial charge in [-0.3, -0.25) is 19.4 Å². The first-order valence-electron chi connectivity index (χ1n) is 9.53. The third kappa shape index (κ3) is 2.54. The van der Waals surface area contributed by atoms with Crippen LogP contribution in [0.3, 0.4) is 0 Å². The Bertz CT molecular complexity index is 1070. The summed E-state index contributed by atoms with van der Waals surface area (Å²) in [6, 6.07) is 3.78. The van der Waals surface area contributed by atoms with E-state index >= 15 is 0 Å². The third-order valence-electron chi connectivity index (χ3n) is 6.26.